The molecule has 1 aliphatic rings. The molecule has 102 valence electrons. The summed E-state index contributed by atoms with van der Waals surface area (Å²) in [6.45, 7) is 7.47. The van der Waals surface area contributed by atoms with Crippen LogP contribution >= 0.6 is 11.3 Å². The number of aromatic nitrogens is 1. The van der Waals surface area contributed by atoms with Gasteiger partial charge in [0, 0.05) is 24.5 Å². The van der Waals surface area contributed by atoms with E-state index in [0.717, 1.165) is 25.4 Å². The van der Waals surface area contributed by atoms with Crippen molar-refractivity contribution in [3.8, 4) is 0 Å². The Morgan fingerprint density at radius 2 is 2.39 bits per heavy atom. The van der Waals surface area contributed by atoms with Crippen LogP contribution in [0.25, 0.3) is 0 Å². The Morgan fingerprint density at radius 3 is 3.11 bits per heavy atom. The van der Waals surface area contributed by atoms with Crippen LogP contribution < -0.4 is 5.73 Å². The fourth-order valence-electron chi connectivity index (χ4n) is 2.71. The molecule has 3 nitrogen and oxygen atoms in total. The fraction of sp³-hybridized carbons (Fsp3) is 0.786. The highest BCUT2D eigenvalue weighted by Crippen LogP contribution is 2.24. The van der Waals surface area contributed by atoms with Crippen LogP contribution in [-0.2, 0) is 13.0 Å². The molecule has 1 aromatic heterocycles. The number of aryl methyl sites for hydroxylation is 1. The molecular weight excluding hydrogens is 242 g/mol. The van der Waals surface area contributed by atoms with Gasteiger partial charge in [0.15, 0.2) is 0 Å². The van der Waals surface area contributed by atoms with E-state index in [2.05, 4.69) is 24.1 Å². The lowest BCUT2D eigenvalue weighted by Crippen LogP contribution is -2.45. The van der Waals surface area contributed by atoms with Crippen molar-refractivity contribution in [1.29, 1.82) is 0 Å². The second kappa shape index (κ2) is 6.64. The van der Waals surface area contributed by atoms with Crippen molar-refractivity contribution < 1.29 is 0 Å². The first-order chi connectivity index (χ1) is 8.72. The smallest absolute Gasteiger partial charge is 0.0928 e. The molecule has 2 heterocycles. The summed E-state index contributed by atoms with van der Waals surface area (Å²) >= 11 is 1.80. The lowest BCUT2D eigenvalue weighted by Gasteiger charge is -2.37. The quantitative estimate of drug-likeness (QED) is 0.892. The Morgan fingerprint density at radius 1 is 1.56 bits per heavy atom. The minimum absolute atomic E-state index is 0.546. The van der Waals surface area contributed by atoms with Crippen LogP contribution in [0.1, 0.15) is 43.8 Å². The molecule has 1 aromatic rings. The van der Waals surface area contributed by atoms with E-state index >= 15 is 0 Å². The van der Waals surface area contributed by atoms with Crippen molar-refractivity contribution in [1.82, 2.24) is 9.88 Å². The Bertz CT molecular complexity index is 364. The summed E-state index contributed by atoms with van der Waals surface area (Å²) in [4.78, 5) is 7.24. The van der Waals surface area contributed by atoms with E-state index in [1.165, 1.54) is 36.5 Å². The molecule has 0 radical (unpaired) electrons. The van der Waals surface area contributed by atoms with Crippen molar-refractivity contribution in [2.45, 2.75) is 52.1 Å². The highest BCUT2D eigenvalue weighted by Gasteiger charge is 2.25. The summed E-state index contributed by atoms with van der Waals surface area (Å²) in [7, 11) is 0. The molecule has 0 spiro atoms. The third-order valence-corrected chi connectivity index (χ3v) is 4.76. The number of rotatable bonds is 5. The molecule has 2 atom stereocenters. The Balaban J connectivity index is 1.94. The average molecular weight is 267 g/mol. The van der Waals surface area contributed by atoms with Crippen LogP contribution in [0.4, 0.5) is 0 Å². The van der Waals surface area contributed by atoms with Crippen LogP contribution in [0.3, 0.4) is 0 Å². The summed E-state index contributed by atoms with van der Waals surface area (Å²) < 4.78 is 0. The van der Waals surface area contributed by atoms with Crippen molar-refractivity contribution in [2.24, 2.45) is 11.7 Å². The maximum Gasteiger partial charge on any atom is 0.0928 e. The summed E-state index contributed by atoms with van der Waals surface area (Å²) in [6.07, 6.45) is 4.83. The molecule has 1 saturated heterocycles. The van der Waals surface area contributed by atoms with Gasteiger partial charge in [-0.2, -0.15) is 0 Å². The molecule has 2 N–H and O–H groups in total. The molecule has 0 saturated carbocycles. The van der Waals surface area contributed by atoms with Crippen LogP contribution in [0, 0.1) is 5.92 Å². The van der Waals surface area contributed by atoms with Crippen LogP contribution in [0.15, 0.2) is 5.38 Å². The minimum atomic E-state index is 0.546. The SMILES string of the molecule is CCCc1nc(CN2CCC(C)CC2CN)cs1. The number of nitrogens with zero attached hydrogens (tertiary/aromatic N) is 2. The molecule has 0 bridgehead atoms. The van der Waals surface area contributed by atoms with Gasteiger partial charge in [-0.15, -0.1) is 11.3 Å². The zero-order chi connectivity index (χ0) is 13.0. The van der Waals surface area contributed by atoms with Gasteiger partial charge in [0.2, 0.25) is 0 Å². The van der Waals surface area contributed by atoms with E-state index in [1.54, 1.807) is 11.3 Å². The van der Waals surface area contributed by atoms with Gasteiger partial charge in [0.25, 0.3) is 0 Å². The predicted octanol–water partition coefficient (Wildman–Crippen LogP) is 2.65. The predicted molar refractivity (Wildman–Crippen MR) is 77.8 cm³/mol. The van der Waals surface area contributed by atoms with E-state index in [9.17, 15) is 0 Å². The molecular formula is C14H25N3S. The third kappa shape index (κ3) is 3.53. The maximum atomic E-state index is 5.90. The first-order valence-corrected chi connectivity index (χ1v) is 7.98. The maximum absolute atomic E-state index is 5.90. The molecule has 2 unspecified atom stereocenters. The normalized spacial score (nSPS) is 25.5. The van der Waals surface area contributed by atoms with E-state index in [0.29, 0.717) is 6.04 Å². The molecule has 0 aliphatic carbocycles. The van der Waals surface area contributed by atoms with Gasteiger partial charge in [-0.25, -0.2) is 4.98 Å². The molecule has 4 heteroatoms. The van der Waals surface area contributed by atoms with Gasteiger partial charge < -0.3 is 5.73 Å². The zero-order valence-corrected chi connectivity index (χ0v) is 12.4. The number of thiazole rings is 1. The van der Waals surface area contributed by atoms with Gasteiger partial charge in [-0.05, 0) is 38.1 Å². The monoisotopic (exact) mass is 267 g/mol. The summed E-state index contributed by atoms with van der Waals surface area (Å²) in [5, 5.41) is 3.50. The largest absolute Gasteiger partial charge is 0.329 e. The van der Waals surface area contributed by atoms with E-state index in [1.807, 2.05) is 0 Å². The van der Waals surface area contributed by atoms with Crippen molar-refractivity contribution >= 4 is 11.3 Å². The molecule has 1 fully saturated rings. The summed E-state index contributed by atoms with van der Waals surface area (Å²) in [5.74, 6) is 0.820. The number of nitrogens with two attached hydrogens (primary N) is 1. The number of likely N-dealkylation sites (tertiary alicyclic amines) is 1. The van der Waals surface area contributed by atoms with Crippen molar-refractivity contribution in [2.75, 3.05) is 13.1 Å². The van der Waals surface area contributed by atoms with E-state index in [4.69, 9.17) is 10.7 Å². The zero-order valence-electron chi connectivity index (χ0n) is 11.6. The molecule has 2 rings (SSSR count). The lowest BCUT2D eigenvalue weighted by atomic mass is 9.92. The Hall–Kier alpha value is -0.450. The van der Waals surface area contributed by atoms with Crippen LogP contribution in [0.2, 0.25) is 0 Å². The molecule has 18 heavy (non-hydrogen) atoms. The standard InChI is InChI=1S/C14H25N3S/c1-3-4-14-16-12(10-18-14)9-17-6-5-11(2)7-13(17)8-15/h10-11,13H,3-9,15H2,1-2H3. The average Bonchev–Trinajstić information content (AvgIpc) is 2.79. The van der Waals surface area contributed by atoms with E-state index < -0.39 is 0 Å². The first kappa shape index (κ1) is 14.0. The molecule has 0 aromatic carbocycles. The van der Waals surface area contributed by atoms with Gasteiger partial charge in [0.1, 0.15) is 0 Å². The highest BCUT2D eigenvalue weighted by atomic mass is 32.1. The number of hydrogen-bond acceptors (Lipinski definition) is 4. The summed E-state index contributed by atoms with van der Waals surface area (Å²) in [6, 6.07) is 0.546. The third-order valence-electron chi connectivity index (χ3n) is 3.80. The van der Waals surface area contributed by atoms with Gasteiger partial charge in [-0.3, -0.25) is 4.90 Å². The Labute approximate surface area is 114 Å². The second-order valence-corrected chi connectivity index (χ2v) is 6.41. The van der Waals surface area contributed by atoms with Crippen molar-refractivity contribution in [3.63, 3.8) is 0 Å². The lowest BCUT2D eigenvalue weighted by molar-refractivity contribution is 0.114. The number of hydrogen-bond donors (Lipinski definition) is 1. The van der Waals surface area contributed by atoms with Gasteiger partial charge in [-0.1, -0.05) is 13.8 Å². The van der Waals surface area contributed by atoms with E-state index in [-0.39, 0.29) is 0 Å². The number of piperidine rings is 1. The fourth-order valence-corrected chi connectivity index (χ4v) is 3.60. The van der Waals surface area contributed by atoms with Gasteiger partial charge >= 0.3 is 0 Å². The highest BCUT2D eigenvalue weighted by molar-refractivity contribution is 7.09. The Kier molecular flexibility index (Phi) is 5.15. The van der Waals surface area contributed by atoms with Crippen molar-refractivity contribution in [3.05, 3.63) is 16.1 Å². The van der Waals surface area contributed by atoms with Gasteiger partial charge in [0.05, 0.1) is 10.7 Å². The molecule has 1 aliphatic heterocycles. The van der Waals surface area contributed by atoms with Crippen LogP contribution in [-0.4, -0.2) is 29.0 Å². The summed E-state index contributed by atoms with van der Waals surface area (Å²) in [5.41, 5.74) is 7.14. The molecule has 0 amide bonds. The van der Waals surface area contributed by atoms with Crippen LogP contribution in [0.5, 0.6) is 0 Å². The first-order valence-electron chi connectivity index (χ1n) is 7.10. The second-order valence-electron chi connectivity index (χ2n) is 5.47. The topological polar surface area (TPSA) is 42.2 Å². The minimum Gasteiger partial charge on any atom is -0.329 e.